The summed E-state index contributed by atoms with van der Waals surface area (Å²) in [5.74, 6) is -3.65. The maximum Gasteiger partial charge on any atom is 0.326 e. The Morgan fingerprint density at radius 2 is 1.53 bits per heavy atom. The van der Waals surface area contributed by atoms with Crippen LogP contribution in [0.4, 0.5) is 0 Å². The first-order chi connectivity index (χ1) is 17.0. The van der Waals surface area contributed by atoms with E-state index in [2.05, 4.69) is 16.0 Å². The highest BCUT2D eigenvalue weighted by Crippen LogP contribution is 2.12. The topological polar surface area (TPSA) is 217 Å². The molecule has 0 aromatic heterocycles. The van der Waals surface area contributed by atoms with Gasteiger partial charge in [0.15, 0.2) is 0 Å². The summed E-state index contributed by atoms with van der Waals surface area (Å²) in [5, 5.41) is 35.9. The summed E-state index contributed by atoms with van der Waals surface area (Å²) >= 11 is 0. The quantitative estimate of drug-likeness (QED) is 0.128. The largest absolute Gasteiger partial charge is 0.508 e. The Labute approximate surface area is 210 Å². The van der Waals surface area contributed by atoms with E-state index in [4.69, 9.17) is 11.5 Å². The van der Waals surface area contributed by atoms with E-state index in [1.54, 1.807) is 26.0 Å². The van der Waals surface area contributed by atoms with Gasteiger partial charge < -0.3 is 42.7 Å². The number of aliphatic hydroxyl groups excluding tert-OH is 1. The molecule has 0 saturated carbocycles. The van der Waals surface area contributed by atoms with Gasteiger partial charge in [-0.2, -0.15) is 0 Å². The number of carbonyl (C=O) groups is 4. The number of aliphatic carboxylic acids is 1. The molecule has 0 radical (unpaired) electrons. The molecule has 0 aliphatic heterocycles. The van der Waals surface area contributed by atoms with Crippen molar-refractivity contribution in [3.8, 4) is 5.75 Å². The molecule has 5 atom stereocenters. The van der Waals surface area contributed by atoms with Crippen LogP contribution in [-0.4, -0.2) is 76.3 Å². The SMILES string of the molecule is CCC(C)C(NC(=O)C(CCCCN)NC(=O)C(CO)NC(=O)C(N)Cc1ccc(O)cc1)C(=O)O. The Hall–Kier alpha value is -3.22. The highest BCUT2D eigenvalue weighted by Gasteiger charge is 2.31. The molecule has 0 aliphatic carbocycles. The molecule has 0 saturated heterocycles. The lowest BCUT2D eigenvalue weighted by Gasteiger charge is -2.26. The third-order valence-electron chi connectivity index (χ3n) is 5.90. The van der Waals surface area contributed by atoms with Crippen LogP contribution in [0.3, 0.4) is 0 Å². The Kier molecular flexibility index (Phi) is 13.4. The second-order valence-corrected chi connectivity index (χ2v) is 8.78. The molecule has 0 aliphatic rings. The molecule has 12 nitrogen and oxygen atoms in total. The molecular weight excluding hydrogens is 470 g/mol. The first kappa shape index (κ1) is 30.8. The molecule has 1 aromatic rings. The average molecular weight is 510 g/mol. The van der Waals surface area contributed by atoms with Crippen LogP contribution in [0.5, 0.6) is 5.75 Å². The van der Waals surface area contributed by atoms with E-state index < -0.39 is 54.5 Å². The van der Waals surface area contributed by atoms with Crippen LogP contribution < -0.4 is 27.4 Å². The highest BCUT2D eigenvalue weighted by molar-refractivity contribution is 5.94. The van der Waals surface area contributed by atoms with Gasteiger partial charge in [-0.1, -0.05) is 32.4 Å². The molecule has 1 aromatic carbocycles. The number of hydrogen-bond acceptors (Lipinski definition) is 8. The van der Waals surface area contributed by atoms with Crippen LogP contribution >= 0.6 is 0 Å². The van der Waals surface area contributed by atoms with E-state index >= 15 is 0 Å². The Balaban J connectivity index is 2.86. The molecule has 3 amide bonds. The minimum Gasteiger partial charge on any atom is -0.508 e. The Morgan fingerprint density at radius 1 is 0.944 bits per heavy atom. The summed E-state index contributed by atoms with van der Waals surface area (Å²) in [6.07, 6.45) is 1.91. The van der Waals surface area contributed by atoms with Crippen LogP contribution in [0.2, 0.25) is 0 Å². The maximum absolute atomic E-state index is 12.9. The van der Waals surface area contributed by atoms with Crippen molar-refractivity contribution in [3.63, 3.8) is 0 Å². The molecule has 36 heavy (non-hydrogen) atoms. The van der Waals surface area contributed by atoms with E-state index in [-0.39, 0.29) is 24.5 Å². The van der Waals surface area contributed by atoms with Gasteiger partial charge in [-0.25, -0.2) is 4.79 Å². The fraction of sp³-hybridized carbons (Fsp3) is 0.583. The number of rotatable bonds is 16. The van der Waals surface area contributed by atoms with Crippen molar-refractivity contribution in [2.45, 2.75) is 70.1 Å². The second-order valence-electron chi connectivity index (χ2n) is 8.78. The number of hydrogen-bond donors (Lipinski definition) is 8. The lowest BCUT2D eigenvalue weighted by molar-refractivity contribution is -0.144. The summed E-state index contributed by atoms with van der Waals surface area (Å²) < 4.78 is 0. The third kappa shape index (κ3) is 10.2. The molecule has 0 heterocycles. The summed E-state index contributed by atoms with van der Waals surface area (Å²) in [4.78, 5) is 49.8. The van der Waals surface area contributed by atoms with E-state index in [0.717, 1.165) is 0 Å². The Morgan fingerprint density at radius 3 is 2.06 bits per heavy atom. The van der Waals surface area contributed by atoms with Crippen LogP contribution in [0.25, 0.3) is 0 Å². The van der Waals surface area contributed by atoms with Gasteiger partial charge in [-0.05, 0) is 55.8 Å². The fourth-order valence-corrected chi connectivity index (χ4v) is 3.42. The number of phenolic OH excluding ortho intramolecular Hbond substituents is 1. The van der Waals surface area contributed by atoms with Gasteiger partial charge in [-0.15, -0.1) is 0 Å². The number of carbonyl (C=O) groups excluding carboxylic acids is 3. The van der Waals surface area contributed by atoms with Crippen molar-refractivity contribution in [2.75, 3.05) is 13.2 Å². The molecule has 10 N–H and O–H groups in total. The zero-order valence-electron chi connectivity index (χ0n) is 20.8. The summed E-state index contributed by atoms with van der Waals surface area (Å²) in [6.45, 7) is 3.13. The number of amides is 3. The molecule has 1 rings (SSSR count). The zero-order valence-corrected chi connectivity index (χ0v) is 20.8. The van der Waals surface area contributed by atoms with Crippen molar-refractivity contribution in [2.24, 2.45) is 17.4 Å². The van der Waals surface area contributed by atoms with Gasteiger partial charge in [0.1, 0.15) is 23.9 Å². The second kappa shape index (κ2) is 15.7. The van der Waals surface area contributed by atoms with E-state index in [1.165, 1.54) is 12.1 Å². The van der Waals surface area contributed by atoms with E-state index in [1.807, 2.05) is 0 Å². The number of carboxylic acid groups (broad SMARTS) is 1. The number of nitrogens with one attached hydrogen (secondary N) is 3. The van der Waals surface area contributed by atoms with Crippen LogP contribution in [0, 0.1) is 5.92 Å². The normalized spacial score (nSPS) is 15.1. The molecule has 5 unspecified atom stereocenters. The van der Waals surface area contributed by atoms with Gasteiger partial charge in [-0.3, -0.25) is 14.4 Å². The van der Waals surface area contributed by atoms with Gasteiger partial charge in [0.05, 0.1) is 12.6 Å². The van der Waals surface area contributed by atoms with Gasteiger partial charge in [0.25, 0.3) is 0 Å². The van der Waals surface area contributed by atoms with Crippen molar-refractivity contribution >= 4 is 23.7 Å². The summed E-state index contributed by atoms with van der Waals surface area (Å²) in [7, 11) is 0. The molecule has 0 spiro atoms. The molecule has 202 valence electrons. The van der Waals surface area contributed by atoms with Crippen molar-refractivity contribution in [3.05, 3.63) is 29.8 Å². The van der Waals surface area contributed by atoms with Crippen molar-refractivity contribution in [1.82, 2.24) is 16.0 Å². The predicted molar refractivity (Wildman–Crippen MR) is 133 cm³/mol. The number of aromatic hydroxyl groups is 1. The number of benzene rings is 1. The predicted octanol–water partition coefficient (Wildman–Crippen LogP) is -1.03. The van der Waals surface area contributed by atoms with Crippen molar-refractivity contribution < 1.29 is 34.5 Å². The number of carboxylic acids is 1. The highest BCUT2D eigenvalue weighted by atomic mass is 16.4. The standard InChI is InChI=1S/C24H39N5O7/c1-3-14(2)20(24(35)36)29-22(33)18(6-4-5-11-25)27-23(34)19(13-30)28-21(32)17(26)12-15-7-9-16(31)10-8-15/h7-10,14,17-20,30-31H,3-6,11-13,25-26H2,1-2H3,(H,27,34)(H,28,32)(H,29,33)(H,35,36). The van der Waals surface area contributed by atoms with E-state index in [0.29, 0.717) is 31.4 Å². The summed E-state index contributed by atoms with van der Waals surface area (Å²) in [5.41, 5.74) is 12.1. The molecule has 0 bridgehead atoms. The van der Waals surface area contributed by atoms with Crippen LogP contribution in [0.15, 0.2) is 24.3 Å². The maximum atomic E-state index is 12.9. The smallest absolute Gasteiger partial charge is 0.326 e. The van der Waals surface area contributed by atoms with Crippen LogP contribution in [0.1, 0.15) is 45.1 Å². The minimum absolute atomic E-state index is 0.0673. The third-order valence-corrected chi connectivity index (χ3v) is 5.90. The zero-order chi connectivity index (χ0) is 27.3. The van der Waals surface area contributed by atoms with Gasteiger partial charge in [0, 0.05) is 0 Å². The van der Waals surface area contributed by atoms with Gasteiger partial charge in [0.2, 0.25) is 17.7 Å². The van der Waals surface area contributed by atoms with Gasteiger partial charge >= 0.3 is 5.97 Å². The minimum atomic E-state index is -1.38. The fourth-order valence-electron chi connectivity index (χ4n) is 3.42. The molecular formula is C24H39N5O7. The first-order valence-electron chi connectivity index (χ1n) is 12.0. The Bertz CT molecular complexity index is 865. The number of nitrogens with two attached hydrogens (primary N) is 2. The van der Waals surface area contributed by atoms with E-state index in [9.17, 15) is 34.5 Å². The number of phenols is 1. The number of aliphatic hydroxyl groups is 1. The number of unbranched alkanes of at least 4 members (excludes halogenated alkanes) is 1. The lowest BCUT2D eigenvalue weighted by atomic mass is 9.98. The molecule has 0 fully saturated rings. The molecule has 12 heteroatoms. The lowest BCUT2D eigenvalue weighted by Crippen LogP contribution is -2.58. The van der Waals surface area contributed by atoms with Crippen LogP contribution in [-0.2, 0) is 25.6 Å². The first-order valence-corrected chi connectivity index (χ1v) is 12.0. The average Bonchev–Trinajstić information content (AvgIpc) is 2.85. The van der Waals surface area contributed by atoms with Crippen molar-refractivity contribution in [1.29, 1.82) is 0 Å². The monoisotopic (exact) mass is 509 g/mol. The summed E-state index contributed by atoms with van der Waals surface area (Å²) in [6, 6.07) is 1.48.